The van der Waals surface area contributed by atoms with Gasteiger partial charge in [-0.3, -0.25) is 4.79 Å². The standard InChI is InChI=1S/C16H24ClN3O4S/c1-18(2)25(22,23)20-11-9-19(10-12-20)16(21)8-5-13-24-15-7-4-3-6-14(15)17/h3-4,6-7H,5,8-13H2,1-2H3. The van der Waals surface area contributed by atoms with E-state index in [1.165, 1.54) is 22.7 Å². The number of hydrogen-bond acceptors (Lipinski definition) is 4. The number of carbonyl (C=O) groups excluding carboxylic acids is 1. The summed E-state index contributed by atoms with van der Waals surface area (Å²) in [5.74, 6) is 0.629. The van der Waals surface area contributed by atoms with Gasteiger partial charge in [0.25, 0.3) is 10.2 Å². The predicted molar refractivity (Wildman–Crippen MR) is 96.9 cm³/mol. The van der Waals surface area contributed by atoms with Crippen molar-refractivity contribution in [2.24, 2.45) is 0 Å². The van der Waals surface area contributed by atoms with Gasteiger partial charge in [0, 0.05) is 46.7 Å². The van der Waals surface area contributed by atoms with Gasteiger partial charge in [0.15, 0.2) is 0 Å². The highest BCUT2D eigenvalue weighted by molar-refractivity contribution is 7.86. The lowest BCUT2D eigenvalue weighted by molar-refractivity contribution is -0.132. The third kappa shape index (κ3) is 5.31. The van der Waals surface area contributed by atoms with Gasteiger partial charge in [-0.25, -0.2) is 0 Å². The lowest BCUT2D eigenvalue weighted by Crippen LogP contribution is -2.53. The van der Waals surface area contributed by atoms with E-state index < -0.39 is 10.2 Å². The number of halogens is 1. The Bertz CT molecular complexity index is 688. The number of hydrogen-bond donors (Lipinski definition) is 0. The SMILES string of the molecule is CN(C)S(=O)(=O)N1CCN(C(=O)CCCOc2ccccc2Cl)CC1. The lowest BCUT2D eigenvalue weighted by atomic mass is 10.2. The van der Waals surface area contributed by atoms with Crippen LogP contribution >= 0.6 is 11.6 Å². The molecule has 1 fully saturated rings. The topological polar surface area (TPSA) is 70.2 Å². The van der Waals surface area contributed by atoms with Gasteiger partial charge in [-0.1, -0.05) is 23.7 Å². The molecule has 0 bridgehead atoms. The summed E-state index contributed by atoms with van der Waals surface area (Å²) in [6.07, 6.45) is 0.950. The van der Waals surface area contributed by atoms with Crippen LogP contribution in [0.1, 0.15) is 12.8 Å². The second-order valence-electron chi connectivity index (χ2n) is 5.95. The quantitative estimate of drug-likeness (QED) is 0.662. The maximum absolute atomic E-state index is 12.2. The van der Waals surface area contributed by atoms with Crippen LogP contribution in [-0.4, -0.2) is 74.7 Å². The monoisotopic (exact) mass is 389 g/mol. The summed E-state index contributed by atoms with van der Waals surface area (Å²) in [7, 11) is -0.397. The minimum atomic E-state index is -3.41. The van der Waals surface area contributed by atoms with E-state index in [-0.39, 0.29) is 5.91 Å². The van der Waals surface area contributed by atoms with Crippen LogP contribution in [0.25, 0.3) is 0 Å². The molecule has 0 saturated carbocycles. The van der Waals surface area contributed by atoms with Crippen LogP contribution in [-0.2, 0) is 15.0 Å². The minimum Gasteiger partial charge on any atom is -0.492 e. The van der Waals surface area contributed by atoms with Crippen LogP contribution in [0.3, 0.4) is 0 Å². The molecular formula is C16H24ClN3O4S. The molecule has 9 heteroatoms. The number of nitrogens with zero attached hydrogens (tertiary/aromatic N) is 3. The van der Waals surface area contributed by atoms with Gasteiger partial charge < -0.3 is 9.64 Å². The molecule has 1 aliphatic heterocycles. The molecule has 0 aliphatic carbocycles. The van der Waals surface area contributed by atoms with E-state index in [4.69, 9.17) is 16.3 Å². The predicted octanol–water partition coefficient (Wildman–Crippen LogP) is 1.45. The average Bonchev–Trinajstić information content (AvgIpc) is 2.60. The summed E-state index contributed by atoms with van der Waals surface area (Å²) in [6.45, 7) is 1.88. The maximum atomic E-state index is 12.2. The molecule has 1 saturated heterocycles. The van der Waals surface area contributed by atoms with Crippen molar-refractivity contribution in [3.63, 3.8) is 0 Å². The number of ether oxygens (including phenoxy) is 1. The fourth-order valence-corrected chi connectivity index (χ4v) is 3.80. The Morgan fingerprint density at radius 3 is 2.44 bits per heavy atom. The Labute approximate surface area is 154 Å². The molecule has 1 aromatic carbocycles. The molecule has 1 amide bonds. The van der Waals surface area contributed by atoms with E-state index in [1.54, 1.807) is 17.0 Å². The van der Waals surface area contributed by atoms with Crippen LogP contribution in [0.2, 0.25) is 5.02 Å². The van der Waals surface area contributed by atoms with E-state index in [0.29, 0.717) is 56.4 Å². The van der Waals surface area contributed by atoms with Crippen LogP contribution < -0.4 is 4.74 Å². The van der Waals surface area contributed by atoms with Crippen molar-refractivity contribution in [1.29, 1.82) is 0 Å². The molecule has 0 radical (unpaired) electrons. The highest BCUT2D eigenvalue weighted by atomic mass is 35.5. The molecule has 0 N–H and O–H groups in total. The second kappa shape index (κ2) is 8.84. The Hall–Kier alpha value is -1.35. The number of benzene rings is 1. The molecular weight excluding hydrogens is 366 g/mol. The molecule has 1 heterocycles. The molecule has 0 spiro atoms. The largest absolute Gasteiger partial charge is 0.492 e. The molecule has 7 nitrogen and oxygen atoms in total. The van der Waals surface area contributed by atoms with Crippen molar-refractivity contribution >= 4 is 27.7 Å². The number of piperazine rings is 1. The van der Waals surface area contributed by atoms with E-state index in [2.05, 4.69) is 0 Å². The van der Waals surface area contributed by atoms with Crippen molar-refractivity contribution in [3.8, 4) is 5.75 Å². The Morgan fingerprint density at radius 1 is 1.20 bits per heavy atom. The van der Waals surface area contributed by atoms with Gasteiger partial charge in [0.05, 0.1) is 11.6 Å². The highest BCUT2D eigenvalue weighted by Gasteiger charge is 2.29. The molecule has 0 atom stereocenters. The molecule has 0 aromatic heterocycles. The zero-order valence-electron chi connectivity index (χ0n) is 14.5. The molecule has 1 aliphatic rings. The normalized spacial score (nSPS) is 16.2. The van der Waals surface area contributed by atoms with Crippen LogP contribution in [0, 0.1) is 0 Å². The van der Waals surface area contributed by atoms with E-state index in [9.17, 15) is 13.2 Å². The van der Waals surface area contributed by atoms with Crippen molar-refractivity contribution < 1.29 is 17.9 Å². The third-order valence-electron chi connectivity index (χ3n) is 4.01. The van der Waals surface area contributed by atoms with Crippen molar-refractivity contribution in [1.82, 2.24) is 13.5 Å². The second-order valence-corrected chi connectivity index (χ2v) is 8.50. The molecule has 2 rings (SSSR count). The summed E-state index contributed by atoms with van der Waals surface area (Å²) in [5.41, 5.74) is 0. The van der Waals surface area contributed by atoms with Crippen LogP contribution in [0.4, 0.5) is 0 Å². The Morgan fingerprint density at radius 2 is 1.84 bits per heavy atom. The van der Waals surface area contributed by atoms with E-state index in [0.717, 1.165) is 0 Å². The number of para-hydroxylation sites is 1. The van der Waals surface area contributed by atoms with E-state index in [1.807, 2.05) is 12.1 Å². The van der Waals surface area contributed by atoms with Crippen molar-refractivity contribution in [2.45, 2.75) is 12.8 Å². The molecule has 25 heavy (non-hydrogen) atoms. The first-order chi connectivity index (χ1) is 11.8. The van der Waals surface area contributed by atoms with Crippen molar-refractivity contribution in [2.75, 3.05) is 46.9 Å². The van der Waals surface area contributed by atoms with Gasteiger partial charge >= 0.3 is 0 Å². The van der Waals surface area contributed by atoms with Gasteiger partial charge in [-0.2, -0.15) is 17.0 Å². The Kier molecular flexibility index (Phi) is 7.06. The van der Waals surface area contributed by atoms with Crippen LogP contribution in [0.5, 0.6) is 5.75 Å². The smallest absolute Gasteiger partial charge is 0.281 e. The average molecular weight is 390 g/mol. The van der Waals surface area contributed by atoms with E-state index >= 15 is 0 Å². The van der Waals surface area contributed by atoms with Gasteiger partial charge in [-0.15, -0.1) is 0 Å². The number of amides is 1. The van der Waals surface area contributed by atoms with Crippen molar-refractivity contribution in [3.05, 3.63) is 29.3 Å². The van der Waals surface area contributed by atoms with Gasteiger partial charge in [0.2, 0.25) is 5.91 Å². The third-order valence-corrected chi connectivity index (χ3v) is 6.26. The summed E-state index contributed by atoms with van der Waals surface area (Å²) in [6, 6.07) is 7.21. The first kappa shape index (κ1) is 20.0. The summed E-state index contributed by atoms with van der Waals surface area (Å²) in [4.78, 5) is 13.9. The first-order valence-corrected chi connectivity index (χ1v) is 9.92. The molecule has 1 aromatic rings. The zero-order chi connectivity index (χ0) is 18.4. The molecule has 140 valence electrons. The lowest BCUT2D eigenvalue weighted by Gasteiger charge is -2.35. The van der Waals surface area contributed by atoms with Gasteiger partial charge in [-0.05, 0) is 18.6 Å². The summed E-state index contributed by atoms with van der Waals surface area (Å²) < 4.78 is 32.3. The first-order valence-electron chi connectivity index (χ1n) is 8.15. The summed E-state index contributed by atoms with van der Waals surface area (Å²) >= 11 is 6.00. The number of carbonyl (C=O) groups is 1. The fraction of sp³-hybridized carbons (Fsp3) is 0.562. The number of rotatable bonds is 7. The Balaban J connectivity index is 1.72. The van der Waals surface area contributed by atoms with Gasteiger partial charge in [0.1, 0.15) is 5.75 Å². The summed E-state index contributed by atoms with van der Waals surface area (Å²) in [5, 5.41) is 0.548. The van der Waals surface area contributed by atoms with Crippen LogP contribution in [0.15, 0.2) is 24.3 Å². The highest BCUT2D eigenvalue weighted by Crippen LogP contribution is 2.23. The molecule has 0 unspecified atom stereocenters. The zero-order valence-corrected chi connectivity index (χ0v) is 16.1. The maximum Gasteiger partial charge on any atom is 0.281 e. The fourth-order valence-electron chi connectivity index (χ4n) is 2.52. The minimum absolute atomic E-state index is 0.0182.